The van der Waals surface area contributed by atoms with Crippen LogP contribution in [0.2, 0.25) is 0 Å². The van der Waals surface area contributed by atoms with Crippen molar-refractivity contribution in [1.82, 2.24) is 19.5 Å². The molecule has 0 aromatic carbocycles. The molecule has 1 saturated carbocycles. The molecule has 0 radical (unpaired) electrons. The van der Waals surface area contributed by atoms with Crippen LogP contribution in [-0.2, 0) is 4.79 Å². The van der Waals surface area contributed by atoms with E-state index in [1.54, 1.807) is 37.3 Å². The summed E-state index contributed by atoms with van der Waals surface area (Å²) in [6, 6.07) is 1.38. The maximum Gasteiger partial charge on any atom is 0.254 e. The van der Waals surface area contributed by atoms with Crippen molar-refractivity contribution in [3.63, 3.8) is 0 Å². The van der Waals surface area contributed by atoms with Crippen LogP contribution < -0.4 is 16.4 Å². The Kier molecular flexibility index (Phi) is 5.48. The number of nitrogens with two attached hydrogens (primary N) is 1. The van der Waals surface area contributed by atoms with Crippen LogP contribution in [0.1, 0.15) is 23.2 Å². The van der Waals surface area contributed by atoms with Crippen LogP contribution in [0.5, 0.6) is 0 Å². The van der Waals surface area contributed by atoms with Crippen molar-refractivity contribution < 1.29 is 18.4 Å². The number of fused-ring (bicyclic) bond motifs is 1. The van der Waals surface area contributed by atoms with Crippen LogP contribution in [0.4, 0.5) is 20.4 Å². The molecule has 1 aliphatic carbocycles. The third-order valence-corrected chi connectivity index (χ3v) is 4.63. The molecule has 1 aliphatic rings. The summed E-state index contributed by atoms with van der Waals surface area (Å²) in [5, 5.41) is 9.85. The maximum atomic E-state index is 13.0. The van der Waals surface area contributed by atoms with Gasteiger partial charge in [0.25, 0.3) is 11.8 Å². The van der Waals surface area contributed by atoms with E-state index in [2.05, 4.69) is 20.7 Å². The lowest BCUT2D eigenvalue weighted by Gasteiger charge is -2.40. The van der Waals surface area contributed by atoms with Gasteiger partial charge in [0.05, 0.1) is 11.9 Å². The normalized spacial score (nSPS) is 16.6. The van der Waals surface area contributed by atoms with Crippen LogP contribution in [0.3, 0.4) is 0 Å². The minimum Gasteiger partial charge on any atom is -0.377 e. The number of nitrogens with one attached hydrogen (secondary N) is 2. The Morgan fingerprint density at radius 3 is 2.76 bits per heavy atom. The standard InChI is InChI=1S/C18H21F2N7O2/c1-22-15-6-14(25-17-13(16(21)29)9-23-27(15)17)24-11(10-28)4-3-5-26(2)12-7-18(19,20)8-12/h3-6,9-10,12,22H,7-8H2,1-2H3,(H2,21,29)(H,24,25)/b5-3-,11-4+. The summed E-state index contributed by atoms with van der Waals surface area (Å²) in [4.78, 5) is 28.9. The first-order valence-electron chi connectivity index (χ1n) is 8.81. The first kappa shape index (κ1) is 20.2. The first-order chi connectivity index (χ1) is 13.7. The number of halogens is 2. The summed E-state index contributed by atoms with van der Waals surface area (Å²) in [5.74, 6) is -2.45. The molecule has 154 valence electrons. The number of hydrogen-bond acceptors (Lipinski definition) is 7. The van der Waals surface area contributed by atoms with Crippen LogP contribution in [-0.4, -0.2) is 57.8 Å². The van der Waals surface area contributed by atoms with Gasteiger partial charge < -0.3 is 21.3 Å². The van der Waals surface area contributed by atoms with E-state index in [4.69, 9.17) is 5.73 Å². The molecule has 2 aromatic heterocycles. The number of rotatable bonds is 8. The predicted octanol–water partition coefficient (Wildman–Crippen LogP) is 1.61. The molecule has 11 heteroatoms. The van der Waals surface area contributed by atoms with E-state index in [9.17, 15) is 18.4 Å². The largest absolute Gasteiger partial charge is 0.377 e. The number of alkyl halides is 2. The number of amides is 1. The molecule has 0 bridgehead atoms. The number of aromatic nitrogens is 3. The monoisotopic (exact) mass is 405 g/mol. The van der Waals surface area contributed by atoms with Crippen molar-refractivity contribution in [2.24, 2.45) is 5.73 Å². The van der Waals surface area contributed by atoms with Gasteiger partial charge in [-0.05, 0) is 18.4 Å². The van der Waals surface area contributed by atoms with Gasteiger partial charge in [0.15, 0.2) is 11.9 Å². The molecule has 4 N–H and O–H groups in total. The molecule has 2 aromatic rings. The third-order valence-electron chi connectivity index (χ3n) is 4.63. The highest BCUT2D eigenvalue weighted by molar-refractivity contribution is 5.99. The van der Waals surface area contributed by atoms with Crippen molar-refractivity contribution in [2.75, 3.05) is 24.7 Å². The summed E-state index contributed by atoms with van der Waals surface area (Å²) in [6.45, 7) is 0. The van der Waals surface area contributed by atoms with Gasteiger partial charge in [0.1, 0.15) is 17.2 Å². The molecular weight excluding hydrogens is 384 g/mol. The van der Waals surface area contributed by atoms with Crippen LogP contribution >= 0.6 is 0 Å². The van der Waals surface area contributed by atoms with Gasteiger partial charge in [-0.15, -0.1) is 0 Å². The number of carbonyl (C=O) groups is 2. The maximum absolute atomic E-state index is 13.0. The molecule has 2 heterocycles. The van der Waals surface area contributed by atoms with Crippen molar-refractivity contribution in [1.29, 1.82) is 0 Å². The minimum atomic E-state index is -2.59. The number of anilines is 2. The second-order valence-electron chi connectivity index (χ2n) is 6.72. The van der Waals surface area contributed by atoms with E-state index in [1.807, 2.05) is 0 Å². The lowest BCUT2D eigenvalue weighted by atomic mass is 9.87. The Labute approximate surface area is 165 Å². The smallest absolute Gasteiger partial charge is 0.254 e. The zero-order chi connectivity index (χ0) is 21.2. The number of carbonyl (C=O) groups excluding carboxylic acids is 2. The molecule has 0 saturated heterocycles. The van der Waals surface area contributed by atoms with Crippen LogP contribution in [0.15, 0.2) is 36.3 Å². The molecule has 29 heavy (non-hydrogen) atoms. The molecule has 0 spiro atoms. The fourth-order valence-electron chi connectivity index (χ4n) is 2.96. The van der Waals surface area contributed by atoms with Crippen LogP contribution in [0.25, 0.3) is 5.65 Å². The van der Waals surface area contributed by atoms with E-state index in [1.165, 1.54) is 16.8 Å². The SMILES string of the molecule is CNc1cc(N/C(C=O)=C/C=C\N(C)C2CC(F)(F)C2)nc2c(C(N)=O)cnn12. The van der Waals surface area contributed by atoms with Gasteiger partial charge >= 0.3 is 0 Å². The topological polar surface area (TPSA) is 118 Å². The Morgan fingerprint density at radius 1 is 1.45 bits per heavy atom. The Hall–Kier alpha value is -3.50. The average molecular weight is 405 g/mol. The summed E-state index contributed by atoms with van der Waals surface area (Å²) >= 11 is 0. The third kappa shape index (κ3) is 4.33. The summed E-state index contributed by atoms with van der Waals surface area (Å²) in [7, 11) is 3.38. The molecular formula is C18H21F2N7O2. The van der Waals surface area contributed by atoms with Gasteiger partial charge in [-0.25, -0.2) is 13.8 Å². The second kappa shape index (κ2) is 7.86. The zero-order valence-corrected chi connectivity index (χ0v) is 15.9. The number of nitrogens with zero attached hydrogens (tertiary/aromatic N) is 4. The van der Waals surface area contributed by atoms with E-state index in [0.29, 0.717) is 17.9 Å². The fraction of sp³-hybridized carbons (Fsp3) is 0.333. The van der Waals surface area contributed by atoms with Crippen molar-refractivity contribution in [2.45, 2.75) is 24.8 Å². The molecule has 1 amide bonds. The summed E-state index contributed by atoms with van der Waals surface area (Å²) in [5.41, 5.74) is 5.90. The summed E-state index contributed by atoms with van der Waals surface area (Å²) < 4.78 is 27.3. The average Bonchev–Trinajstić information content (AvgIpc) is 3.08. The van der Waals surface area contributed by atoms with Crippen molar-refractivity contribution >= 4 is 29.5 Å². The highest BCUT2D eigenvalue weighted by Crippen LogP contribution is 2.40. The highest BCUT2D eigenvalue weighted by Gasteiger charge is 2.46. The van der Waals surface area contributed by atoms with Gasteiger partial charge in [-0.3, -0.25) is 9.59 Å². The highest BCUT2D eigenvalue weighted by atomic mass is 19.3. The second-order valence-corrected chi connectivity index (χ2v) is 6.72. The Morgan fingerprint density at radius 2 is 2.17 bits per heavy atom. The lowest BCUT2D eigenvalue weighted by molar-refractivity contribution is -0.112. The van der Waals surface area contributed by atoms with E-state index in [-0.39, 0.29) is 35.8 Å². The molecule has 0 aliphatic heterocycles. The predicted molar refractivity (Wildman–Crippen MR) is 104 cm³/mol. The van der Waals surface area contributed by atoms with Gasteiger partial charge in [0.2, 0.25) is 0 Å². The fourth-order valence-corrected chi connectivity index (χ4v) is 2.96. The zero-order valence-electron chi connectivity index (χ0n) is 15.9. The number of allylic oxidation sites excluding steroid dienone is 3. The van der Waals surface area contributed by atoms with Crippen LogP contribution in [0, 0.1) is 0 Å². The number of aldehydes is 1. The molecule has 9 nitrogen and oxygen atoms in total. The van der Waals surface area contributed by atoms with E-state index in [0.717, 1.165) is 0 Å². The number of primary amides is 1. The van der Waals surface area contributed by atoms with E-state index >= 15 is 0 Å². The van der Waals surface area contributed by atoms with Gasteiger partial charge in [0, 0.05) is 39.0 Å². The minimum absolute atomic E-state index is 0.139. The molecule has 0 atom stereocenters. The van der Waals surface area contributed by atoms with Gasteiger partial charge in [-0.1, -0.05) is 0 Å². The molecule has 3 rings (SSSR count). The van der Waals surface area contributed by atoms with Crippen molar-refractivity contribution in [3.05, 3.63) is 41.9 Å². The van der Waals surface area contributed by atoms with Gasteiger partial charge in [-0.2, -0.15) is 9.61 Å². The molecule has 1 fully saturated rings. The van der Waals surface area contributed by atoms with E-state index < -0.39 is 11.8 Å². The Bertz CT molecular complexity index is 992. The number of hydrogen-bond donors (Lipinski definition) is 3. The first-order valence-corrected chi connectivity index (χ1v) is 8.81. The molecule has 0 unspecified atom stereocenters. The van der Waals surface area contributed by atoms with Crippen molar-refractivity contribution in [3.8, 4) is 0 Å². The quantitative estimate of drug-likeness (QED) is 0.347. The Balaban J connectivity index is 1.77. The lowest BCUT2D eigenvalue weighted by Crippen LogP contribution is -2.47. The summed E-state index contributed by atoms with van der Waals surface area (Å²) in [6.07, 6.45) is 6.26.